The van der Waals surface area contributed by atoms with Gasteiger partial charge in [0, 0.05) is 10.9 Å². The first kappa shape index (κ1) is 23.4. The molecule has 1 N–H and O–H groups in total. The molecule has 0 radical (unpaired) electrons. The summed E-state index contributed by atoms with van der Waals surface area (Å²) in [5.41, 5.74) is 2.31. The second-order valence-corrected chi connectivity index (χ2v) is 9.35. The number of hydrogen-bond donors (Lipinski definition) is 1. The molecule has 5 rings (SSSR count). The molecule has 172 valence electrons. The SMILES string of the molecule is Cc1ccc(Cn2c(=O)n(C3CCNCC3)c(=O)c3sc(-c4ccccc4)cc32)cc1F.Cl. The highest BCUT2D eigenvalue weighted by atomic mass is 35.5. The van der Waals surface area contributed by atoms with E-state index in [9.17, 15) is 14.0 Å². The number of nitrogens with one attached hydrogen (secondary N) is 1. The molecule has 1 aliphatic rings. The summed E-state index contributed by atoms with van der Waals surface area (Å²) in [6.07, 6.45) is 1.47. The van der Waals surface area contributed by atoms with Crippen molar-refractivity contribution in [1.29, 1.82) is 0 Å². The Morgan fingerprint density at radius 2 is 1.79 bits per heavy atom. The molecule has 1 fully saturated rings. The van der Waals surface area contributed by atoms with Crippen molar-refractivity contribution in [3.8, 4) is 10.4 Å². The van der Waals surface area contributed by atoms with E-state index in [0.29, 0.717) is 21.3 Å². The van der Waals surface area contributed by atoms with E-state index in [-0.39, 0.29) is 42.1 Å². The molecule has 2 aromatic carbocycles. The number of aryl methyl sites for hydroxylation is 1. The molecule has 33 heavy (non-hydrogen) atoms. The van der Waals surface area contributed by atoms with Crippen molar-refractivity contribution in [3.05, 3.63) is 92.4 Å². The second kappa shape index (κ2) is 9.63. The largest absolute Gasteiger partial charge is 0.332 e. The summed E-state index contributed by atoms with van der Waals surface area (Å²) >= 11 is 1.41. The Bertz CT molecular complexity index is 1410. The third-order valence-electron chi connectivity index (χ3n) is 6.16. The molecule has 4 aromatic rings. The number of halogens is 2. The van der Waals surface area contributed by atoms with Crippen LogP contribution in [0.15, 0.2) is 64.2 Å². The third kappa shape index (κ3) is 4.40. The van der Waals surface area contributed by atoms with Crippen LogP contribution in [0.4, 0.5) is 4.39 Å². The van der Waals surface area contributed by atoms with Crippen LogP contribution in [-0.2, 0) is 6.54 Å². The average molecular weight is 486 g/mol. The number of rotatable bonds is 4. The van der Waals surface area contributed by atoms with Crippen molar-refractivity contribution in [2.24, 2.45) is 0 Å². The summed E-state index contributed by atoms with van der Waals surface area (Å²) in [5.74, 6) is -0.297. The fourth-order valence-electron chi connectivity index (χ4n) is 4.37. The Kier molecular flexibility index (Phi) is 6.83. The highest BCUT2D eigenvalue weighted by Gasteiger charge is 2.24. The van der Waals surface area contributed by atoms with Crippen molar-refractivity contribution in [2.45, 2.75) is 32.4 Å². The van der Waals surface area contributed by atoms with Crippen LogP contribution in [0.25, 0.3) is 20.7 Å². The molecule has 1 aliphatic heterocycles. The lowest BCUT2D eigenvalue weighted by Crippen LogP contribution is -2.45. The first-order valence-corrected chi connectivity index (χ1v) is 11.6. The molecule has 0 amide bonds. The van der Waals surface area contributed by atoms with E-state index in [2.05, 4.69) is 5.32 Å². The topological polar surface area (TPSA) is 56.0 Å². The zero-order valence-electron chi connectivity index (χ0n) is 18.2. The van der Waals surface area contributed by atoms with Gasteiger partial charge in [-0.3, -0.25) is 13.9 Å². The Hall–Kier alpha value is -2.74. The van der Waals surface area contributed by atoms with E-state index in [0.717, 1.165) is 36.4 Å². The van der Waals surface area contributed by atoms with E-state index < -0.39 is 0 Å². The zero-order valence-corrected chi connectivity index (χ0v) is 19.8. The maximum Gasteiger partial charge on any atom is 0.332 e. The molecule has 8 heteroatoms. The highest BCUT2D eigenvalue weighted by molar-refractivity contribution is 7.22. The predicted molar refractivity (Wildman–Crippen MR) is 134 cm³/mol. The molecule has 2 aromatic heterocycles. The minimum absolute atomic E-state index is 0. The third-order valence-corrected chi connectivity index (χ3v) is 7.32. The lowest BCUT2D eigenvalue weighted by molar-refractivity contribution is 0.346. The monoisotopic (exact) mass is 485 g/mol. The highest BCUT2D eigenvalue weighted by Crippen LogP contribution is 2.32. The molecule has 0 atom stereocenters. The second-order valence-electron chi connectivity index (χ2n) is 8.30. The van der Waals surface area contributed by atoms with Crippen LogP contribution < -0.4 is 16.6 Å². The number of piperidine rings is 1. The lowest BCUT2D eigenvalue weighted by atomic mass is 10.1. The maximum atomic E-state index is 14.2. The minimum atomic E-state index is -0.326. The number of fused-ring (bicyclic) bond motifs is 1. The van der Waals surface area contributed by atoms with Crippen molar-refractivity contribution < 1.29 is 4.39 Å². The summed E-state index contributed by atoms with van der Waals surface area (Å²) in [6, 6.07) is 16.6. The van der Waals surface area contributed by atoms with E-state index in [4.69, 9.17) is 0 Å². The minimum Gasteiger partial charge on any atom is -0.317 e. The van der Waals surface area contributed by atoms with Crippen LogP contribution in [0.3, 0.4) is 0 Å². The average Bonchev–Trinajstić information content (AvgIpc) is 3.26. The molecule has 0 unspecified atom stereocenters. The Morgan fingerprint density at radius 1 is 1.06 bits per heavy atom. The van der Waals surface area contributed by atoms with Gasteiger partial charge < -0.3 is 5.32 Å². The number of thiophene rings is 1. The smallest absolute Gasteiger partial charge is 0.317 e. The summed E-state index contributed by atoms with van der Waals surface area (Å²) in [5, 5.41) is 3.29. The molecule has 0 aliphatic carbocycles. The summed E-state index contributed by atoms with van der Waals surface area (Å²) in [4.78, 5) is 28.0. The van der Waals surface area contributed by atoms with Crippen molar-refractivity contribution in [2.75, 3.05) is 13.1 Å². The Morgan fingerprint density at radius 3 is 2.48 bits per heavy atom. The van der Waals surface area contributed by atoms with Gasteiger partial charge >= 0.3 is 5.69 Å². The van der Waals surface area contributed by atoms with Gasteiger partial charge in [-0.15, -0.1) is 23.7 Å². The van der Waals surface area contributed by atoms with E-state index in [1.165, 1.54) is 22.0 Å². The van der Waals surface area contributed by atoms with Gasteiger partial charge in [0.2, 0.25) is 0 Å². The van der Waals surface area contributed by atoms with Gasteiger partial charge in [-0.25, -0.2) is 9.18 Å². The summed E-state index contributed by atoms with van der Waals surface area (Å²) in [7, 11) is 0. The van der Waals surface area contributed by atoms with Crippen LogP contribution in [0.5, 0.6) is 0 Å². The fraction of sp³-hybridized carbons (Fsp3) is 0.280. The molecule has 3 heterocycles. The summed E-state index contributed by atoms with van der Waals surface area (Å²) in [6.45, 7) is 3.48. The zero-order chi connectivity index (χ0) is 22.2. The standard InChI is InChI=1S/C25H24FN3O2S.ClH/c1-16-7-8-17(13-20(16)26)15-28-21-14-22(18-5-3-2-4-6-18)32-23(21)24(30)29(25(28)31)19-9-11-27-12-10-19;/h2-8,13-14,19,27H,9-12,15H2,1H3;1H. The van der Waals surface area contributed by atoms with E-state index in [1.807, 2.05) is 42.5 Å². The van der Waals surface area contributed by atoms with Gasteiger partial charge in [0.25, 0.3) is 5.56 Å². The number of aromatic nitrogens is 2. The number of hydrogen-bond acceptors (Lipinski definition) is 4. The fourth-order valence-corrected chi connectivity index (χ4v) is 5.47. The quantitative estimate of drug-likeness (QED) is 0.454. The van der Waals surface area contributed by atoms with E-state index >= 15 is 0 Å². The van der Waals surface area contributed by atoms with Gasteiger partial charge in [0.15, 0.2) is 0 Å². The maximum absolute atomic E-state index is 14.2. The van der Waals surface area contributed by atoms with E-state index in [1.54, 1.807) is 17.6 Å². The molecular weight excluding hydrogens is 461 g/mol. The van der Waals surface area contributed by atoms with Gasteiger partial charge in [-0.05, 0) is 61.7 Å². The first-order valence-electron chi connectivity index (χ1n) is 10.8. The van der Waals surface area contributed by atoms with Gasteiger partial charge in [-0.1, -0.05) is 42.5 Å². The van der Waals surface area contributed by atoms with Crippen LogP contribution in [0.2, 0.25) is 0 Å². The Labute approximate surface area is 200 Å². The first-order chi connectivity index (χ1) is 15.5. The molecule has 1 saturated heterocycles. The molecular formula is C25H25ClFN3O2S. The van der Waals surface area contributed by atoms with Gasteiger partial charge in [0.05, 0.1) is 12.1 Å². The molecule has 0 spiro atoms. The van der Waals surface area contributed by atoms with Crippen molar-refractivity contribution >= 4 is 34.0 Å². The molecule has 5 nitrogen and oxygen atoms in total. The van der Waals surface area contributed by atoms with Crippen LogP contribution in [0, 0.1) is 12.7 Å². The number of benzene rings is 2. The normalized spacial score (nSPS) is 14.4. The van der Waals surface area contributed by atoms with Crippen LogP contribution in [0.1, 0.15) is 30.0 Å². The Balaban J connectivity index is 0.00000259. The number of nitrogens with zero attached hydrogens (tertiary/aromatic N) is 2. The molecule has 0 bridgehead atoms. The van der Waals surface area contributed by atoms with Crippen molar-refractivity contribution in [3.63, 3.8) is 0 Å². The van der Waals surface area contributed by atoms with Crippen LogP contribution >= 0.6 is 23.7 Å². The van der Waals surface area contributed by atoms with Gasteiger partial charge in [-0.2, -0.15) is 0 Å². The van der Waals surface area contributed by atoms with Gasteiger partial charge in [0.1, 0.15) is 10.5 Å². The lowest BCUT2D eigenvalue weighted by Gasteiger charge is -2.25. The van der Waals surface area contributed by atoms with Crippen molar-refractivity contribution in [1.82, 2.24) is 14.5 Å². The summed E-state index contributed by atoms with van der Waals surface area (Å²) < 4.78 is 17.8. The van der Waals surface area contributed by atoms with Crippen LogP contribution in [-0.4, -0.2) is 22.2 Å². The molecule has 0 saturated carbocycles. The predicted octanol–water partition coefficient (Wildman–Crippen LogP) is 4.73.